The highest BCUT2D eigenvalue weighted by molar-refractivity contribution is 7.92. The van der Waals surface area contributed by atoms with E-state index < -0.39 is 10.0 Å². The Morgan fingerprint density at radius 2 is 1.74 bits per heavy atom. The molecule has 0 fully saturated rings. The molecule has 1 N–H and O–H groups in total. The Kier molecular flexibility index (Phi) is 3.69. The van der Waals surface area contributed by atoms with E-state index in [0.29, 0.717) is 11.2 Å². The van der Waals surface area contributed by atoms with Crippen LogP contribution >= 0.6 is 0 Å². The van der Waals surface area contributed by atoms with Gasteiger partial charge in [-0.25, -0.2) is 8.42 Å². The van der Waals surface area contributed by atoms with Gasteiger partial charge < -0.3 is 0 Å². The van der Waals surface area contributed by atoms with Crippen molar-refractivity contribution >= 4 is 32.5 Å². The van der Waals surface area contributed by atoms with E-state index in [1.807, 2.05) is 13.0 Å². The van der Waals surface area contributed by atoms with Crippen LogP contribution in [0.1, 0.15) is 17.3 Å². The lowest BCUT2D eigenvalue weighted by atomic mass is 10.2. The molecule has 0 radical (unpaired) electrons. The number of carbonyl (C=O) groups is 1. The number of aryl methyl sites for hydroxylation is 1. The summed E-state index contributed by atoms with van der Waals surface area (Å²) in [5, 5.41) is 0.796. The standard InChI is InChI=1S/C17H16N2O3S/c1-12-6-8-15(9-7-12)23(21,22)18-16-5-3-4-14-10-11-19(13(2)20)17(14)16/h3-11,18H,1-2H3. The maximum absolute atomic E-state index is 12.6. The fraction of sp³-hybridized carbons (Fsp3) is 0.118. The predicted molar refractivity (Wildman–Crippen MR) is 90.2 cm³/mol. The van der Waals surface area contributed by atoms with Gasteiger partial charge in [0.15, 0.2) is 0 Å². The maximum Gasteiger partial charge on any atom is 0.261 e. The largest absolute Gasteiger partial charge is 0.285 e. The third-order valence-electron chi connectivity index (χ3n) is 3.63. The first kappa shape index (κ1) is 15.3. The molecule has 0 saturated heterocycles. The lowest BCUT2D eigenvalue weighted by Crippen LogP contribution is -2.14. The summed E-state index contributed by atoms with van der Waals surface area (Å²) in [5.41, 5.74) is 1.91. The SMILES string of the molecule is CC(=O)n1ccc2cccc(NS(=O)(=O)c3ccc(C)cc3)c21. The van der Waals surface area contributed by atoms with Crippen molar-refractivity contribution in [3.05, 3.63) is 60.3 Å². The number of benzene rings is 2. The molecule has 3 rings (SSSR count). The Balaban J connectivity index is 2.09. The Morgan fingerprint density at radius 3 is 2.39 bits per heavy atom. The van der Waals surface area contributed by atoms with Gasteiger partial charge in [0.1, 0.15) is 0 Å². The van der Waals surface area contributed by atoms with Crippen LogP contribution in [0.4, 0.5) is 5.69 Å². The Bertz CT molecular complexity index is 986. The highest BCUT2D eigenvalue weighted by atomic mass is 32.2. The van der Waals surface area contributed by atoms with Gasteiger partial charge >= 0.3 is 0 Å². The Morgan fingerprint density at radius 1 is 1.04 bits per heavy atom. The monoisotopic (exact) mass is 328 g/mol. The minimum atomic E-state index is -3.72. The normalized spacial score (nSPS) is 11.6. The summed E-state index contributed by atoms with van der Waals surface area (Å²) in [4.78, 5) is 11.9. The summed E-state index contributed by atoms with van der Waals surface area (Å²) in [7, 11) is -3.72. The molecule has 0 spiro atoms. The van der Waals surface area contributed by atoms with Crippen molar-refractivity contribution in [2.24, 2.45) is 0 Å². The topological polar surface area (TPSA) is 68.2 Å². The van der Waals surface area contributed by atoms with E-state index in [4.69, 9.17) is 0 Å². The molecule has 1 heterocycles. The van der Waals surface area contributed by atoms with Gasteiger partial charge in [-0.05, 0) is 31.2 Å². The van der Waals surface area contributed by atoms with Gasteiger partial charge in [0.05, 0.1) is 16.1 Å². The second kappa shape index (κ2) is 5.55. The van der Waals surface area contributed by atoms with E-state index in [0.717, 1.165) is 10.9 Å². The zero-order valence-corrected chi connectivity index (χ0v) is 13.6. The molecule has 1 aromatic heterocycles. The summed E-state index contributed by atoms with van der Waals surface area (Å²) >= 11 is 0. The van der Waals surface area contributed by atoms with Crippen molar-refractivity contribution in [3.8, 4) is 0 Å². The predicted octanol–water partition coefficient (Wildman–Crippen LogP) is 3.41. The number of sulfonamides is 1. The molecule has 0 aliphatic rings. The average Bonchev–Trinajstić information content (AvgIpc) is 2.92. The number of nitrogens with one attached hydrogen (secondary N) is 1. The Labute approximate surface area is 134 Å². The molecule has 0 bridgehead atoms. The number of nitrogens with zero attached hydrogens (tertiary/aromatic N) is 1. The third kappa shape index (κ3) is 2.85. The molecule has 0 aliphatic carbocycles. The molecule has 6 heteroatoms. The maximum atomic E-state index is 12.6. The number of carbonyl (C=O) groups excluding carboxylic acids is 1. The smallest absolute Gasteiger partial charge is 0.261 e. The van der Waals surface area contributed by atoms with Crippen LogP contribution in [0.5, 0.6) is 0 Å². The number of fused-ring (bicyclic) bond motifs is 1. The van der Waals surface area contributed by atoms with Crippen LogP contribution in [0.15, 0.2) is 59.6 Å². The molecule has 2 aromatic carbocycles. The molecule has 0 saturated carbocycles. The van der Waals surface area contributed by atoms with Gasteiger partial charge in [0, 0.05) is 18.5 Å². The zero-order valence-electron chi connectivity index (χ0n) is 12.8. The zero-order chi connectivity index (χ0) is 16.6. The number of aromatic nitrogens is 1. The van der Waals surface area contributed by atoms with Gasteiger partial charge in [-0.15, -0.1) is 0 Å². The molecule has 0 aliphatic heterocycles. The first-order chi connectivity index (χ1) is 10.9. The van der Waals surface area contributed by atoms with Crippen molar-refractivity contribution in [2.45, 2.75) is 18.7 Å². The van der Waals surface area contributed by atoms with Crippen molar-refractivity contribution in [2.75, 3.05) is 4.72 Å². The van der Waals surface area contributed by atoms with Crippen LogP contribution in [0, 0.1) is 6.92 Å². The van der Waals surface area contributed by atoms with E-state index in [2.05, 4.69) is 4.72 Å². The van der Waals surface area contributed by atoms with Crippen LogP contribution in [0.25, 0.3) is 10.9 Å². The second-order valence-electron chi connectivity index (χ2n) is 5.37. The molecule has 0 atom stereocenters. The van der Waals surface area contributed by atoms with E-state index in [1.165, 1.54) is 11.5 Å². The molecular formula is C17H16N2O3S. The van der Waals surface area contributed by atoms with Gasteiger partial charge in [-0.3, -0.25) is 14.1 Å². The van der Waals surface area contributed by atoms with Crippen LogP contribution in [-0.4, -0.2) is 18.9 Å². The molecule has 23 heavy (non-hydrogen) atoms. The molecule has 5 nitrogen and oxygen atoms in total. The van der Waals surface area contributed by atoms with Crippen molar-refractivity contribution < 1.29 is 13.2 Å². The minimum Gasteiger partial charge on any atom is -0.285 e. The van der Waals surface area contributed by atoms with Crippen LogP contribution in [0.3, 0.4) is 0 Å². The van der Waals surface area contributed by atoms with Crippen LogP contribution in [0.2, 0.25) is 0 Å². The molecule has 118 valence electrons. The van der Waals surface area contributed by atoms with E-state index in [1.54, 1.807) is 48.7 Å². The number of para-hydroxylation sites is 1. The lowest BCUT2D eigenvalue weighted by molar-refractivity contribution is 0.0941. The van der Waals surface area contributed by atoms with Crippen LogP contribution in [-0.2, 0) is 10.0 Å². The molecular weight excluding hydrogens is 312 g/mol. The summed E-state index contributed by atoms with van der Waals surface area (Å²) in [5.74, 6) is -0.179. The average molecular weight is 328 g/mol. The van der Waals surface area contributed by atoms with Gasteiger partial charge in [-0.2, -0.15) is 0 Å². The fourth-order valence-corrected chi connectivity index (χ4v) is 3.53. The third-order valence-corrected chi connectivity index (χ3v) is 5.01. The van der Waals surface area contributed by atoms with Crippen molar-refractivity contribution in [1.82, 2.24) is 4.57 Å². The Hall–Kier alpha value is -2.60. The minimum absolute atomic E-state index is 0.179. The first-order valence-corrected chi connectivity index (χ1v) is 8.57. The highest BCUT2D eigenvalue weighted by Crippen LogP contribution is 2.27. The molecule has 3 aromatic rings. The van der Waals surface area contributed by atoms with Gasteiger partial charge in [-0.1, -0.05) is 29.8 Å². The van der Waals surface area contributed by atoms with Crippen LogP contribution < -0.4 is 4.72 Å². The van der Waals surface area contributed by atoms with Gasteiger partial charge in [0.25, 0.3) is 10.0 Å². The summed E-state index contributed by atoms with van der Waals surface area (Å²) in [6.07, 6.45) is 1.64. The highest BCUT2D eigenvalue weighted by Gasteiger charge is 2.17. The van der Waals surface area contributed by atoms with Crippen molar-refractivity contribution in [3.63, 3.8) is 0 Å². The number of anilines is 1. The number of rotatable bonds is 3. The van der Waals surface area contributed by atoms with Gasteiger partial charge in [0.2, 0.25) is 5.91 Å². The van der Waals surface area contributed by atoms with Crippen molar-refractivity contribution in [1.29, 1.82) is 0 Å². The number of hydrogen-bond donors (Lipinski definition) is 1. The van der Waals surface area contributed by atoms with E-state index in [9.17, 15) is 13.2 Å². The summed E-state index contributed by atoms with van der Waals surface area (Å²) < 4.78 is 29.1. The number of hydrogen-bond acceptors (Lipinski definition) is 3. The first-order valence-electron chi connectivity index (χ1n) is 7.09. The quantitative estimate of drug-likeness (QED) is 0.801. The summed E-state index contributed by atoms with van der Waals surface area (Å²) in [6.45, 7) is 3.33. The molecule has 0 amide bonds. The fourth-order valence-electron chi connectivity index (χ4n) is 2.46. The summed E-state index contributed by atoms with van der Waals surface area (Å²) in [6, 6.07) is 13.6. The van der Waals surface area contributed by atoms with E-state index >= 15 is 0 Å². The van der Waals surface area contributed by atoms with E-state index in [-0.39, 0.29) is 10.8 Å². The second-order valence-corrected chi connectivity index (χ2v) is 7.05. The molecule has 0 unspecified atom stereocenters. The lowest BCUT2D eigenvalue weighted by Gasteiger charge is -2.11.